The third kappa shape index (κ3) is 4.05. The standard InChI is InChI=1S/C16H20N2O3S/c1-16(2,3)15-18-12(9-22-15)14(21)17-8-13(20)10-4-6-11(19)7-5-10/h4-7,9,13,19-20H,8H2,1-3H3,(H,17,21). The first kappa shape index (κ1) is 16.5. The second-order valence-electron chi connectivity index (χ2n) is 6.11. The predicted molar refractivity (Wildman–Crippen MR) is 86.2 cm³/mol. The maximum Gasteiger partial charge on any atom is 0.270 e. The minimum atomic E-state index is -0.828. The SMILES string of the molecule is CC(C)(C)c1nc(C(=O)NCC(O)c2ccc(O)cc2)cs1. The predicted octanol–water partition coefficient (Wildman–Crippen LogP) is 2.61. The summed E-state index contributed by atoms with van der Waals surface area (Å²) in [7, 11) is 0. The number of hydrogen-bond donors (Lipinski definition) is 3. The van der Waals surface area contributed by atoms with Gasteiger partial charge in [0.25, 0.3) is 5.91 Å². The molecule has 118 valence electrons. The van der Waals surface area contributed by atoms with Gasteiger partial charge >= 0.3 is 0 Å². The van der Waals surface area contributed by atoms with Crippen LogP contribution in [0.4, 0.5) is 0 Å². The molecule has 1 atom stereocenters. The summed E-state index contributed by atoms with van der Waals surface area (Å²) < 4.78 is 0. The lowest BCUT2D eigenvalue weighted by Gasteiger charge is -2.14. The Morgan fingerprint density at radius 3 is 2.50 bits per heavy atom. The molecule has 0 fully saturated rings. The molecule has 1 unspecified atom stereocenters. The Balaban J connectivity index is 1.95. The van der Waals surface area contributed by atoms with Crippen LogP contribution in [0.2, 0.25) is 0 Å². The molecular formula is C16H20N2O3S. The zero-order chi connectivity index (χ0) is 16.3. The highest BCUT2D eigenvalue weighted by molar-refractivity contribution is 7.10. The maximum atomic E-state index is 12.1. The Morgan fingerprint density at radius 1 is 1.32 bits per heavy atom. The van der Waals surface area contributed by atoms with Crippen molar-refractivity contribution >= 4 is 17.2 Å². The molecule has 0 aliphatic heterocycles. The molecule has 5 nitrogen and oxygen atoms in total. The molecule has 0 aliphatic carbocycles. The van der Waals surface area contributed by atoms with Crippen molar-refractivity contribution in [1.82, 2.24) is 10.3 Å². The number of aliphatic hydroxyl groups is 1. The van der Waals surface area contributed by atoms with Crippen molar-refractivity contribution in [2.24, 2.45) is 0 Å². The van der Waals surface area contributed by atoms with Crippen LogP contribution in [0, 0.1) is 0 Å². The highest BCUT2D eigenvalue weighted by Crippen LogP contribution is 2.25. The van der Waals surface area contributed by atoms with Crippen molar-refractivity contribution in [3.63, 3.8) is 0 Å². The summed E-state index contributed by atoms with van der Waals surface area (Å²) in [6.07, 6.45) is -0.828. The van der Waals surface area contributed by atoms with Crippen LogP contribution < -0.4 is 5.32 Å². The molecule has 1 aromatic heterocycles. The average Bonchev–Trinajstić information content (AvgIpc) is 2.95. The molecule has 0 bridgehead atoms. The first-order chi connectivity index (χ1) is 10.3. The van der Waals surface area contributed by atoms with E-state index in [9.17, 15) is 15.0 Å². The minimum absolute atomic E-state index is 0.0885. The Morgan fingerprint density at radius 2 is 1.95 bits per heavy atom. The normalized spacial score (nSPS) is 12.9. The molecule has 0 aliphatic rings. The van der Waals surface area contributed by atoms with E-state index in [1.165, 1.54) is 23.5 Å². The monoisotopic (exact) mass is 320 g/mol. The van der Waals surface area contributed by atoms with Gasteiger partial charge in [0.05, 0.1) is 11.1 Å². The molecule has 1 heterocycles. The summed E-state index contributed by atoms with van der Waals surface area (Å²) in [5.41, 5.74) is 0.911. The summed E-state index contributed by atoms with van der Waals surface area (Å²) in [6.45, 7) is 6.22. The Kier molecular flexibility index (Phi) is 4.83. The number of phenolic OH excluding ortho intramolecular Hbond substituents is 1. The van der Waals surface area contributed by atoms with E-state index in [0.29, 0.717) is 11.3 Å². The van der Waals surface area contributed by atoms with Gasteiger partial charge in [0, 0.05) is 17.3 Å². The van der Waals surface area contributed by atoms with Crippen molar-refractivity contribution in [2.45, 2.75) is 32.3 Å². The van der Waals surface area contributed by atoms with Crippen LogP contribution in [-0.4, -0.2) is 27.6 Å². The minimum Gasteiger partial charge on any atom is -0.508 e. The molecule has 0 spiro atoms. The van der Waals surface area contributed by atoms with Gasteiger partial charge in [-0.2, -0.15) is 0 Å². The number of nitrogens with one attached hydrogen (secondary N) is 1. The second-order valence-corrected chi connectivity index (χ2v) is 6.96. The van der Waals surface area contributed by atoms with Crippen LogP contribution in [0.1, 0.15) is 47.9 Å². The third-order valence-electron chi connectivity index (χ3n) is 3.11. The van der Waals surface area contributed by atoms with E-state index < -0.39 is 6.10 Å². The van der Waals surface area contributed by atoms with Gasteiger partial charge in [-0.15, -0.1) is 11.3 Å². The average molecular weight is 320 g/mol. The van der Waals surface area contributed by atoms with Gasteiger partial charge in [-0.25, -0.2) is 4.98 Å². The fourth-order valence-corrected chi connectivity index (χ4v) is 2.70. The molecule has 2 aromatic rings. The van der Waals surface area contributed by atoms with Crippen molar-refractivity contribution in [3.8, 4) is 5.75 Å². The number of carbonyl (C=O) groups is 1. The number of aliphatic hydroxyl groups excluding tert-OH is 1. The molecule has 3 N–H and O–H groups in total. The first-order valence-electron chi connectivity index (χ1n) is 6.98. The van der Waals surface area contributed by atoms with Gasteiger partial charge < -0.3 is 15.5 Å². The van der Waals surface area contributed by atoms with Crippen molar-refractivity contribution in [3.05, 3.63) is 45.9 Å². The fraction of sp³-hybridized carbons (Fsp3) is 0.375. The second kappa shape index (κ2) is 6.46. The first-order valence-corrected chi connectivity index (χ1v) is 7.86. The molecule has 0 radical (unpaired) electrons. The number of phenols is 1. The number of hydrogen-bond acceptors (Lipinski definition) is 5. The largest absolute Gasteiger partial charge is 0.508 e. The van der Waals surface area contributed by atoms with Gasteiger partial charge in [-0.3, -0.25) is 4.79 Å². The van der Waals surface area contributed by atoms with Gasteiger partial charge in [-0.05, 0) is 17.7 Å². The zero-order valence-corrected chi connectivity index (χ0v) is 13.6. The number of thiazole rings is 1. The van der Waals surface area contributed by atoms with Crippen molar-refractivity contribution in [1.29, 1.82) is 0 Å². The maximum absolute atomic E-state index is 12.1. The van der Waals surface area contributed by atoms with Crippen LogP contribution in [0.25, 0.3) is 0 Å². The van der Waals surface area contributed by atoms with Crippen molar-refractivity contribution in [2.75, 3.05) is 6.54 Å². The van der Waals surface area contributed by atoms with E-state index >= 15 is 0 Å². The molecular weight excluding hydrogens is 300 g/mol. The number of aromatic hydroxyl groups is 1. The van der Waals surface area contributed by atoms with Crippen LogP contribution >= 0.6 is 11.3 Å². The van der Waals surface area contributed by atoms with Gasteiger partial charge in [-0.1, -0.05) is 32.9 Å². The summed E-state index contributed by atoms with van der Waals surface area (Å²) in [4.78, 5) is 16.4. The fourth-order valence-electron chi connectivity index (χ4n) is 1.82. The van der Waals surface area contributed by atoms with E-state index in [4.69, 9.17) is 0 Å². The number of rotatable bonds is 4. The Labute approximate surface area is 133 Å². The summed E-state index contributed by atoms with van der Waals surface area (Å²) in [5, 5.41) is 24.5. The number of aromatic nitrogens is 1. The molecule has 2 rings (SSSR count). The van der Waals surface area contributed by atoms with Crippen LogP contribution in [0.15, 0.2) is 29.6 Å². The van der Waals surface area contributed by atoms with E-state index in [2.05, 4.69) is 10.3 Å². The number of nitrogens with zero attached hydrogens (tertiary/aromatic N) is 1. The van der Waals surface area contributed by atoms with E-state index in [1.54, 1.807) is 17.5 Å². The van der Waals surface area contributed by atoms with Crippen molar-refractivity contribution < 1.29 is 15.0 Å². The topological polar surface area (TPSA) is 82.5 Å². The molecule has 1 aromatic carbocycles. The van der Waals surface area contributed by atoms with Crippen LogP contribution in [0.5, 0.6) is 5.75 Å². The highest BCUT2D eigenvalue weighted by atomic mass is 32.1. The summed E-state index contributed by atoms with van der Waals surface area (Å²) >= 11 is 1.45. The molecule has 0 saturated heterocycles. The van der Waals surface area contributed by atoms with Gasteiger partial charge in [0.15, 0.2) is 0 Å². The number of carbonyl (C=O) groups excluding carboxylic acids is 1. The number of benzene rings is 1. The molecule has 0 saturated carbocycles. The highest BCUT2D eigenvalue weighted by Gasteiger charge is 2.20. The summed E-state index contributed by atoms with van der Waals surface area (Å²) in [5.74, 6) is -0.165. The zero-order valence-electron chi connectivity index (χ0n) is 12.8. The lowest BCUT2D eigenvalue weighted by molar-refractivity contribution is 0.0911. The van der Waals surface area contributed by atoms with Gasteiger partial charge in [0.1, 0.15) is 11.4 Å². The smallest absolute Gasteiger partial charge is 0.270 e. The Hall–Kier alpha value is -1.92. The quantitative estimate of drug-likeness (QED) is 0.809. The molecule has 22 heavy (non-hydrogen) atoms. The third-order valence-corrected chi connectivity index (χ3v) is 4.38. The lowest BCUT2D eigenvalue weighted by Crippen LogP contribution is -2.28. The van der Waals surface area contributed by atoms with Gasteiger partial charge in [0.2, 0.25) is 0 Å². The van der Waals surface area contributed by atoms with Crippen LogP contribution in [0.3, 0.4) is 0 Å². The van der Waals surface area contributed by atoms with E-state index in [1.807, 2.05) is 20.8 Å². The van der Waals surface area contributed by atoms with E-state index in [-0.39, 0.29) is 23.6 Å². The van der Waals surface area contributed by atoms with Crippen LogP contribution in [-0.2, 0) is 5.41 Å². The van der Waals surface area contributed by atoms with E-state index in [0.717, 1.165) is 5.01 Å². The molecule has 1 amide bonds. The number of amides is 1. The Bertz CT molecular complexity index is 644. The lowest BCUT2D eigenvalue weighted by atomic mass is 9.98. The summed E-state index contributed by atoms with van der Waals surface area (Å²) in [6, 6.07) is 6.23. The molecule has 6 heteroatoms.